The highest BCUT2D eigenvalue weighted by Crippen LogP contribution is 2.18. The van der Waals surface area contributed by atoms with Crippen LogP contribution in [0, 0.1) is 13.8 Å². The molecule has 3 amide bonds. The number of fused-ring (bicyclic) bond motifs is 1. The number of nitrogens with one attached hydrogen (secondary N) is 2. The maximum atomic E-state index is 12.7. The van der Waals surface area contributed by atoms with Gasteiger partial charge in [0.2, 0.25) is 0 Å². The molecule has 1 saturated heterocycles. The first kappa shape index (κ1) is 20.8. The second kappa shape index (κ2) is 9.16. The van der Waals surface area contributed by atoms with E-state index in [0.29, 0.717) is 24.2 Å². The summed E-state index contributed by atoms with van der Waals surface area (Å²) in [6.45, 7) is 6.51. The van der Waals surface area contributed by atoms with Crippen molar-refractivity contribution in [3.8, 4) is 0 Å². The van der Waals surface area contributed by atoms with Gasteiger partial charge < -0.3 is 15.5 Å². The number of carbonyl (C=O) groups excluding carboxylic acids is 2. The summed E-state index contributed by atoms with van der Waals surface area (Å²) in [7, 11) is 0. The van der Waals surface area contributed by atoms with Gasteiger partial charge in [0.25, 0.3) is 5.91 Å². The number of urea groups is 1. The molecule has 8 nitrogen and oxygen atoms in total. The van der Waals surface area contributed by atoms with Crippen molar-refractivity contribution < 1.29 is 9.59 Å². The van der Waals surface area contributed by atoms with E-state index in [1.165, 1.54) is 6.42 Å². The predicted molar refractivity (Wildman–Crippen MR) is 120 cm³/mol. The lowest BCUT2D eigenvalue weighted by molar-refractivity contribution is 0.0724. The fourth-order valence-corrected chi connectivity index (χ4v) is 3.95. The van der Waals surface area contributed by atoms with Crippen LogP contribution >= 0.6 is 0 Å². The number of nitrogens with zero attached hydrogens (tertiary/aromatic N) is 4. The first-order valence-corrected chi connectivity index (χ1v) is 10.8. The molecule has 1 fully saturated rings. The van der Waals surface area contributed by atoms with E-state index in [0.717, 1.165) is 48.3 Å². The minimum Gasteiger partial charge on any atom is -0.339 e. The summed E-state index contributed by atoms with van der Waals surface area (Å²) >= 11 is 0. The van der Waals surface area contributed by atoms with E-state index in [-0.39, 0.29) is 11.9 Å². The van der Waals surface area contributed by atoms with Crippen LogP contribution in [0.15, 0.2) is 36.4 Å². The van der Waals surface area contributed by atoms with Crippen LogP contribution in [0.2, 0.25) is 0 Å². The van der Waals surface area contributed by atoms with Crippen molar-refractivity contribution in [1.82, 2.24) is 25.2 Å². The van der Waals surface area contributed by atoms with Gasteiger partial charge >= 0.3 is 6.03 Å². The minimum atomic E-state index is -0.259. The highest BCUT2D eigenvalue weighted by Gasteiger charge is 2.19. The highest BCUT2D eigenvalue weighted by atomic mass is 16.2. The van der Waals surface area contributed by atoms with Crippen molar-refractivity contribution in [2.45, 2.75) is 39.7 Å². The Morgan fingerprint density at radius 3 is 2.61 bits per heavy atom. The monoisotopic (exact) mass is 420 g/mol. The number of carbonyl (C=O) groups is 2. The number of rotatable bonds is 5. The second-order valence-corrected chi connectivity index (χ2v) is 8.07. The largest absolute Gasteiger partial charge is 0.339 e. The molecule has 2 aromatic carbocycles. The van der Waals surface area contributed by atoms with Crippen LogP contribution < -0.4 is 10.6 Å². The molecule has 1 aromatic heterocycles. The Labute approximate surface area is 181 Å². The second-order valence-electron chi connectivity index (χ2n) is 8.07. The molecule has 0 saturated carbocycles. The fourth-order valence-electron chi connectivity index (χ4n) is 3.95. The molecule has 4 rings (SSSR count). The molecule has 0 bridgehead atoms. The van der Waals surface area contributed by atoms with Gasteiger partial charge in [-0.3, -0.25) is 4.79 Å². The van der Waals surface area contributed by atoms with E-state index in [4.69, 9.17) is 0 Å². The molecular formula is C23H28N6O2. The molecule has 0 radical (unpaired) electrons. The van der Waals surface area contributed by atoms with Crippen molar-refractivity contribution >= 4 is 28.7 Å². The molecule has 8 heteroatoms. The van der Waals surface area contributed by atoms with Crippen LogP contribution in [0.4, 0.5) is 10.5 Å². The molecule has 0 unspecified atom stereocenters. The maximum absolute atomic E-state index is 12.7. The molecule has 0 atom stereocenters. The Morgan fingerprint density at radius 2 is 1.84 bits per heavy atom. The van der Waals surface area contributed by atoms with Crippen LogP contribution in [-0.2, 0) is 6.54 Å². The molecule has 0 aliphatic carbocycles. The molecule has 3 aromatic rings. The summed E-state index contributed by atoms with van der Waals surface area (Å²) in [5.41, 5.74) is 5.14. The van der Waals surface area contributed by atoms with Gasteiger partial charge in [-0.1, -0.05) is 22.9 Å². The van der Waals surface area contributed by atoms with E-state index in [2.05, 4.69) is 20.9 Å². The summed E-state index contributed by atoms with van der Waals surface area (Å²) in [5.74, 6) is 0.0564. The summed E-state index contributed by atoms with van der Waals surface area (Å²) in [5, 5.41) is 14.1. The van der Waals surface area contributed by atoms with Crippen molar-refractivity contribution in [2.24, 2.45) is 0 Å². The first-order valence-electron chi connectivity index (χ1n) is 10.8. The molecule has 0 spiro atoms. The lowest BCUT2D eigenvalue weighted by Crippen LogP contribution is -2.35. The van der Waals surface area contributed by atoms with Gasteiger partial charge in [-0.05, 0) is 62.9 Å². The Kier molecular flexibility index (Phi) is 6.16. The molecular weight excluding hydrogens is 392 g/mol. The third kappa shape index (κ3) is 4.84. The van der Waals surface area contributed by atoms with Crippen LogP contribution in [0.5, 0.6) is 0 Å². The average Bonchev–Trinajstić information content (AvgIpc) is 3.18. The number of likely N-dealkylation sites (tertiary alicyclic amines) is 1. The standard InChI is InChI=1S/C23H28N6O2/c1-16-6-8-19(17(2)14-16)25-23(31)24-10-13-29-21-9-7-18(15-20(21)26-27-29)22(30)28-11-4-3-5-12-28/h6-9,14-15H,3-5,10-13H2,1-2H3,(H2,24,25,31). The van der Waals surface area contributed by atoms with Gasteiger partial charge in [0.05, 0.1) is 12.1 Å². The molecule has 2 heterocycles. The van der Waals surface area contributed by atoms with Crippen molar-refractivity contribution in [3.63, 3.8) is 0 Å². The number of aryl methyl sites for hydroxylation is 2. The van der Waals surface area contributed by atoms with Gasteiger partial charge in [0.1, 0.15) is 5.52 Å². The number of benzene rings is 2. The number of hydrogen-bond acceptors (Lipinski definition) is 4. The third-order valence-corrected chi connectivity index (χ3v) is 5.64. The van der Waals surface area contributed by atoms with Gasteiger partial charge in [-0.2, -0.15) is 0 Å². The third-order valence-electron chi connectivity index (χ3n) is 5.64. The quantitative estimate of drug-likeness (QED) is 0.661. The molecule has 1 aliphatic heterocycles. The number of amides is 3. The number of anilines is 1. The van der Waals surface area contributed by atoms with E-state index in [1.54, 1.807) is 10.7 Å². The smallest absolute Gasteiger partial charge is 0.319 e. The van der Waals surface area contributed by atoms with Gasteiger partial charge in [-0.15, -0.1) is 5.10 Å². The zero-order valence-electron chi connectivity index (χ0n) is 18.0. The lowest BCUT2D eigenvalue weighted by Gasteiger charge is -2.26. The fraction of sp³-hybridized carbons (Fsp3) is 0.391. The van der Waals surface area contributed by atoms with Gasteiger partial charge in [-0.25, -0.2) is 9.48 Å². The SMILES string of the molecule is Cc1ccc(NC(=O)NCCn2nnc3cc(C(=O)N4CCCCC4)ccc32)c(C)c1. The first-order chi connectivity index (χ1) is 15.0. The number of hydrogen-bond donors (Lipinski definition) is 2. The predicted octanol–water partition coefficient (Wildman–Crippen LogP) is 3.50. The Balaban J connectivity index is 1.34. The van der Waals surface area contributed by atoms with Crippen LogP contribution in [-0.4, -0.2) is 51.5 Å². The normalized spacial score (nSPS) is 13.9. The molecule has 2 N–H and O–H groups in total. The van der Waals surface area contributed by atoms with Crippen LogP contribution in [0.25, 0.3) is 11.0 Å². The molecule has 162 valence electrons. The number of piperidine rings is 1. The van der Waals surface area contributed by atoms with E-state index < -0.39 is 0 Å². The van der Waals surface area contributed by atoms with Crippen LogP contribution in [0.1, 0.15) is 40.7 Å². The van der Waals surface area contributed by atoms with E-state index >= 15 is 0 Å². The van der Waals surface area contributed by atoms with Crippen LogP contribution in [0.3, 0.4) is 0 Å². The topological polar surface area (TPSA) is 92.1 Å². The Bertz CT molecular complexity index is 1100. The van der Waals surface area contributed by atoms with Gasteiger partial charge in [0.15, 0.2) is 0 Å². The summed E-state index contributed by atoms with van der Waals surface area (Å²) < 4.78 is 1.74. The van der Waals surface area contributed by atoms with Crippen molar-refractivity contribution in [1.29, 1.82) is 0 Å². The highest BCUT2D eigenvalue weighted by molar-refractivity contribution is 5.97. The zero-order valence-corrected chi connectivity index (χ0v) is 18.0. The van der Waals surface area contributed by atoms with Crippen molar-refractivity contribution in [3.05, 3.63) is 53.1 Å². The average molecular weight is 421 g/mol. The van der Waals surface area contributed by atoms with E-state index in [1.807, 2.05) is 49.1 Å². The van der Waals surface area contributed by atoms with Gasteiger partial charge in [0, 0.05) is 30.9 Å². The Morgan fingerprint density at radius 1 is 1.03 bits per heavy atom. The maximum Gasteiger partial charge on any atom is 0.319 e. The lowest BCUT2D eigenvalue weighted by atomic mass is 10.1. The van der Waals surface area contributed by atoms with Crippen molar-refractivity contribution in [2.75, 3.05) is 25.0 Å². The summed E-state index contributed by atoms with van der Waals surface area (Å²) in [6, 6.07) is 11.1. The molecule has 1 aliphatic rings. The Hall–Kier alpha value is -3.42. The summed E-state index contributed by atoms with van der Waals surface area (Å²) in [6.07, 6.45) is 3.32. The zero-order chi connectivity index (χ0) is 21.8. The number of aromatic nitrogens is 3. The molecule has 31 heavy (non-hydrogen) atoms. The summed E-state index contributed by atoms with van der Waals surface area (Å²) in [4.78, 5) is 26.8. The minimum absolute atomic E-state index is 0.0564. The van der Waals surface area contributed by atoms with E-state index in [9.17, 15) is 9.59 Å².